The van der Waals surface area contributed by atoms with Crippen LogP contribution < -0.4 is 9.47 Å². The third-order valence-corrected chi connectivity index (χ3v) is 6.34. The van der Waals surface area contributed by atoms with Crippen molar-refractivity contribution >= 4 is 0 Å². The lowest BCUT2D eigenvalue weighted by molar-refractivity contribution is 0.128. The Morgan fingerprint density at radius 3 is 2.48 bits per heavy atom. The predicted octanol–water partition coefficient (Wildman–Crippen LogP) is 4.65. The van der Waals surface area contributed by atoms with E-state index in [4.69, 9.17) is 9.47 Å². The van der Waals surface area contributed by atoms with Crippen molar-refractivity contribution in [3.05, 3.63) is 88.5 Å². The van der Waals surface area contributed by atoms with Crippen LogP contribution in [0.3, 0.4) is 0 Å². The van der Waals surface area contributed by atoms with E-state index in [1.807, 2.05) is 12.1 Å². The van der Waals surface area contributed by atoms with E-state index in [9.17, 15) is 5.11 Å². The molecule has 148 valence electrons. The minimum atomic E-state index is 0.134. The molecule has 2 atom stereocenters. The Bertz CT molecular complexity index is 1050. The van der Waals surface area contributed by atoms with Gasteiger partial charge in [0.15, 0.2) is 11.5 Å². The van der Waals surface area contributed by atoms with Crippen LogP contribution in [0, 0.1) is 0 Å². The molecule has 1 N–H and O–H groups in total. The second-order valence-corrected chi connectivity index (χ2v) is 7.81. The average Bonchev–Trinajstić information content (AvgIpc) is 2.77. The van der Waals surface area contributed by atoms with E-state index in [2.05, 4.69) is 53.4 Å². The summed E-state index contributed by atoms with van der Waals surface area (Å²) < 4.78 is 10.9. The first-order valence-corrected chi connectivity index (χ1v) is 10.1. The minimum Gasteiger partial charge on any atom is -0.504 e. The van der Waals surface area contributed by atoms with E-state index in [1.165, 1.54) is 27.8 Å². The Morgan fingerprint density at radius 2 is 1.72 bits per heavy atom. The van der Waals surface area contributed by atoms with Crippen molar-refractivity contribution in [2.45, 2.75) is 24.9 Å². The van der Waals surface area contributed by atoms with Gasteiger partial charge >= 0.3 is 0 Å². The van der Waals surface area contributed by atoms with Gasteiger partial charge in [0.1, 0.15) is 5.75 Å². The smallest absolute Gasteiger partial charge is 0.160 e. The fourth-order valence-electron chi connectivity index (χ4n) is 4.99. The summed E-state index contributed by atoms with van der Waals surface area (Å²) in [4.78, 5) is 2.60. The Balaban J connectivity index is 1.68. The number of phenolic OH excluding ortho intramolecular Hbond substituents is 1. The maximum Gasteiger partial charge on any atom is 0.160 e. The SMILES string of the molecule is COc1ccc2c(c1)CCN1C2Cc2cc(O)c(OC)cc2C1c1ccccc1. The van der Waals surface area contributed by atoms with Gasteiger partial charge in [-0.3, -0.25) is 4.90 Å². The summed E-state index contributed by atoms with van der Waals surface area (Å²) in [5.41, 5.74) is 6.39. The molecule has 2 heterocycles. The number of hydrogen-bond donors (Lipinski definition) is 1. The van der Waals surface area contributed by atoms with E-state index in [-0.39, 0.29) is 17.8 Å². The standard InChI is InChI=1S/C25H25NO3/c1-28-19-8-9-20-17(12-19)10-11-26-22(20)13-18-14-23(27)24(29-2)15-21(18)25(26)16-6-4-3-5-7-16/h3-9,12,14-15,22,25,27H,10-11,13H2,1-2H3. The Kier molecular flexibility index (Phi) is 4.44. The summed E-state index contributed by atoms with van der Waals surface area (Å²) in [5.74, 6) is 1.65. The molecule has 0 fully saturated rings. The van der Waals surface area contributed by atoms with Crippen LogP contribution in [0.25, 0.3) is 0 Å². The van der Waals surface area contributed by atoms with Crippen molar-refractivity contribution in [2.75, 3.05) is 20.8 Å². The van der Waals surface area contributed by atoms with Gasteiger partial charge in [-0.15, -0.1) is 0 Å². The van der Waals surface area contributed by atoms with Crippen molar-refractivity contribution in [1.82, 2.24) is 4.90 Å². The molecular formula is C25H25NO3. The highest BCUT2D eigenvalue weighted by molar-refractivity contribution is 5.53. The zero-order chi connectivity index (χ0) is 20.0. The fraction of sp³-hybridized carbons (Fsp3) is 0.280. The molecule has 0 radical (unpaired) electrons. The second kappa shape index (κ2) is 7.12. The number of nitrogens with zero attached hydrogens (tertiary/aromatic N) is 1. The number of methoxy groups -OCH3 is 2. The highest BCUT2D eigenvalue weighted by Gasteiger charge is 2.39. The molecule has 29 heavy (non-hydrogen) atoms. The highest BCUT2D eigenvalue weighted by Crippen LogP contribution is 2.48. The first kappa shape index (κ1) is 18.1. The van der Waals surface area contributed by atoms with Gasteiger partial charge in [-0.1, -0.05) is 36.4 Å². The summed E-state index contributed by atoms with van der Waals surface area (Å²) in [5, 5.41) is 10.4. The number of phenols is 1. The molecule has 4 heteroatoms. The van der Waals surface area contributed by atoms with E-state index < -0.39 is 0 Å². The first-order valence-electron chi connectivity index (χ1n) is 10.1. The number of rotatable bonds is 3. The lowest BCUT2D eigenvalue weighted by atomic mass is 9.78. The highest BCUT2D eigenvalue weighted by atomic mass is 16.5. The molecule has 0 spiro atoms. The number of benzene rings is 3. The first-order chi connectivity index (χ1) is 14.2. The van der Waals surface area contributed by atoms with Gasteiger partial charge in [0, 0.05) is 12.6 Å². The molecule has 0 aliphatic carbocycles. The molecule has 4 nitrogen and oxygen atoms in total. The zero-order valence-electron chi connectivity index (χ0n) is 16.8. The summed E-state index contributed by atoms with van der Waals surface area (Å²) in [6.45, 7) is 0.979. The van der Waals surface area contributed by atoms with Gasteiger partial charge in [0.25, 0.3) is 0 Å². The van der Waals surface area contributed by atoms with Crippen LogP contribution in [0.2, 0.25) is 0 Å². The molecule has 3 aromatic rings. The van der Waals surface area contributed by atoms with E-state index in [0.717, 1.165) is 25.1 Å². The molecule has 2 aliphatic rings. The van der Waals surface area contributed by atoms with Crippen molar-refractivity contribution in [1.29, 1.82) is 0 Å². The van der Waals surface area contributed by atoms with Crippen LogP contribution >= 0.6 is 0 Å². The molecule has 0 aromatic heterocycles. The summed E-state index contributed by atoms with van der Waals surface area (Å²) in [6, 6.07) is 21.4. The molecule has 5 rings (SSSR count). The van der Waals surface area contributed by atoms with Crippen LogP contribution in [0.5, 0.6) is 17.2 Å². The van der Waals surface area contributed by atoms with Crippen molar-refractivity contribution in [2.24, 2.45) is 0 Å². The average molecular weight is 387 g/mol. The summed E-state index contributed by atoms with van der Waals surface area (Å²) >= 11 is 0. The van der Waals surface area contributed by atoms with Gasteiger partial charge in [-0.2, -0.15) is 0 Å². The molecule has 0 saturated carbocycles. The largest absolute Gasteiger partial charge is 0.504 e. The Labute approximate surface area is 171 Å². The monoisotopic (exact) mass is 387 g/mol. The number of fused-ring (bicyclic) bond motifs is 4. The van der Waals surface area contributed by atoms with Crippen molar-refractivity contribution in [3.8, 4) is 17.2 Å². The fourth-order valence-corrected chi connectivity index (χ4v) is 4.99. The molecule has 2 aliphatic heterocycles. The molecular weight excluding hydrogens is 362 g/mol. The Morgan fingerprint density at radius 1 is 0.897 bits per heavy atom. The van der Waals surface area contributed by atoms with Crippen LogP contribution in [0.15, 0.2) is 60.7 Å². The maximum absolute atomic E-state index is 10.4. The van der Waals surface area contributed by atoms with Gasteiger partial charge in [0.05, 0.1) is 20.3 Å². The van der Waals surface area contributed by atoms with Crippen LogP contribution in [-0.4, -0.2) is 30.8 Å². The van der Waals surface area contributed by atoms with E-state index >= 15 is 0 Å². The molecule has 0 saturated heterocycles. The number of hydrogen-bond acceptors (Lipinski definition) is 4. The number of ether oxygens (including phenoxy) is 2. The van der Waals surface area contributed by atoms with E-state index in [1.54, 1.807) is 14.2 Å². The topological polar surface area (TPSA) is 41.9 Å². The molecule has 0 bridgehead atoms. The van der Waals surface area contributed by atoms with Gasteiger partial charge in [-0.25, -0.2) is 0 Å². The third kappa shape index (κ3) is 2.95. The lowest BCUT2D eigenvalue weighted by Crippen LogP contribution is -2.43. The normalized spacial score (nSPS) is 20.3. The molecule has 3 aromatic carbocycles. The quantitative estimate of drug-likeness (QED) is 0.710. The van der Waals surface area contributed by atoms with Crippen LogP contribution in [0.1, 0.15) is 39.9 Å². The minimum absolute atomic E-state index is 0.134. The van der Waals surface area contributed by atoms with Gasteiger partial charge in [0.2, 0.25) is 0 Å². The maximum atomic E-state index is 10.4. The second-order valence-electron chi connectivity index (χ2n) is 7.81. The Hall–Kier alpha value is -2.98. The number of aromatic hydroxyl groups is 1. The third-order valence-electron chi connectivity index (χ3n) is 6.34. The molecule has 0 amide bonds. The summed E-state index contributed by atoms with van der Waals surface area (Å²) in [6.07, 6.45) is 1.87. The van der Waals surface area contributed by atoms with Gasteiger partial charge in [-0.05, 0) is 64.9 Å². The van der Waals surface area contributed by atoms with E-state index in [0.29, 0.717) is 5.75 Å². The van der Waals surface area contributed by atoms with Gasteiger partial charge < -0.3 is 14.6 Å². The lowest BCUT2D eigenvalue weighted by Gasteiger charge is -2.47. The van der Waals surface area contributed by atoms with Crippen molar-refractivity contribution in [3.63, 3.8) is 0 Å². The van der Waals surface area contributed by atoms with Crippen LogP contribution in [0.4, 0.5) is 0 Å². The predicted molar refractivity (Wildman–Crippen MR) is 113 cm³/mol. The molecule has 2 unspecified atom stereocenters. The summed E-state index contributed by atoms with van der Waals surface area (Å²) in [7, 11) is 3.32. The van der Waals surface area contributed by atoms with Crippen molar-refractivity contribution < 1.29 is 14.6 Å². The van der Waals surface area contributed by atoms with Crippen LogP contribution in [-0.2, 0) is 12.8 Å². The zero-order valence-corrected chi connectivity index (χ0v) is 16.8.